The summed E-state index contributed by atoms with van der Waals surface area (Å²) in [7, 11) is 0. The summed E-state index contributed by atoms with van der Waals surface area (Å²) in [5.41, 5.74) is 3.40. The van der Waals surface area contributed by atoms with Gasteiger partial charge in [0.05, 0.1) is 5.56 Å². The van der Waals surface area contributed by atoms with Crippen molar-refractivity contribution in [3.63, 3.8) is 0 Å². The molecule has 2 aromatic heterocycles. The molecule has 2 heterocycles. The van der Waals surface area contributed by atoms with Crippen LogP contribution in [0.4, 0.5) is 5.00 Å². The minimum atomic E-state index is -0.165. The average Bonchev–Trinajstić information content (AvgIpc) is 3.36. The molecule has 0 bridgehead atoms. The highest BCUT2D eigenvalue weighted by Gasteiger charge is 2.33. The quantitative estimate of drug-likeness (QED) is 0.714. The molecule has 152 valence electrons. The predicted molar refractivity (Wildman–Crippen MR) is 111 cm³/mol. The van der Waals surface area contributed by atoms with Gasteiger partial charge in [0.1, 0.15) is 11.3 Å². The van der Waals surface area contributed by atoms with Crippen molar-refractivity contribution in [3.8, 4) is 11.5 Å². The van der Waals surface area contributed by atoms with Crippen LogP contribution in [0.5, 0.6) is 0 Å². The summed E-state index contributed by atoms with van der Waals surface area (Å²) in [6.45, 7) is 2.27. The summed E-state index contributed by atoms with van der Waals surface area (Å²) >= 11 is 1.62. The zero-order valence-corrected chi connectivity index (χ0v) is 17.4. The van der Waals surface area contributed by atoms with Crippen molar-refractivity contribution in [1.82, 2.24) is 10.1 Å². The Morgan fingerprint density at radius 3 is 2.83 bits per heavy atom. The van der Waals surface area contributed by atoms with Gasteiger partial charge in [0.25, 0.3) is 11.8 Å². The van der Waals surface area contributed by atoms with Crippen molar-refractivity contribution in [2.24, 2.45) is 5.92 Å². The highest BCUT2D eigenvalue weighted by Crippen LogP contribution is 2.46. The number of nitrogens with zero attached hydrogens (tertiary/aromatic N) is 2. The van der Waals surface area contributed by atoms with Crippen LogP contribution in [0.25, 0.3) is 11.5 Å². The summed E-state index contributed by atoms with van der Waals surface area (Å²) in [6, 6.07) is 0. The largest absolute Gasteiger partial charge is 0.334 e. The van der Waals surface area contributed by atoms with Crippen LogP contribution >= 0.6 is 11.3 Å². The van der Waals surface area contributed by atoms with Gasteiger partial charge in [-0.05, 0) is 69.3 Å². The first-order valence-electron chi connectivity index (χ1n) is 10.6. The Morgan fingerprint density at radius 2 is 2.03 bits per heavy atom. The molecule has 1 atom stereocenters. The molecular formula is C22H25N3O3S. The van der Waals surface area contributed by atoms with E-state index in [9.17, 15) is 9.59 Å². The number of hydrogen-bond acceptors (Lipinski definition) is 6. The van der Waals surface area contributed by atoms with Crippen LogP contribution in [0.1, 0.15) is 74.1 Å². The zero-order valence-electron chi connectivity index (χ0n) is 16.6. The van der Waals surface area contributed by atoms with Gasteiger partial charge in [-0.1, -0.05) is 12.1 Å². The van der Waals surface area contributed by atoms with Crippen molar-refractivity contribution < 1.29 is 14.1 Å². The molecule has 0 unspecified atom stereocenters. The van der Waals surface area contributed by atoms with Crippen LogP contribution in [-0.4, -0.2) is 22.3 Å². The minimum Gasteiger partial charge on any atom is -0.334 e. The van der Waals surface area contributed by atoms with Crippen LogP contribution in [-0.2, 0) is 22.4 Å². The Labute approximate surface area is 173 Å². The van der Waals surface area contributed by atoms with E-state index in [2.05, 4.69) is 22.4 Å². The molecule has 6 nitrogen and oxygen atoms in total. The highest BCUT2D eigenvalue weighted by atomic mass is 32.1. The third-order valence-corrected chi connectivity index (χ3v) is 7.43. The van der Waals surface area contributed by atoms with E-state index in [0.29, 0.717) is 41.7 Å². The van der Waals surface area contributed by atoms with Gasteiger partial charge in [-0.3, -0.25) is 9.59 Å². The van der Waals surface area contributed by atoms with Gasteiger partial charge in [0.2, 0.25) is 0 Å². The second-order valence-electron chi connectivity index (χ2n) is 8.57. The van der Waals surface area contributed by atoms with E-state index < -0.39 is 0 Å². The van der Waals surface area contributed by atoms with Gasteiger partial charge in [0, 0.05) is 21.9 Å². The number of anilines is 1. The number of aromatic nitrogens is 2. The molecular weight excluding hydrogens is 386 g/mol. The standard InChI is InChI=1S/C22H25N3O3S/c1-12-6-9-16-17(10-12)29-22(18(16)21-23-19(25-28-21)13-7-8-13)24-20(27)15-5-3-2-4-14(15)11-26/h11-13H,2-10H2,1H3,(H,24,27)/t12-/m1/s1. The van der Waals surface area contributed by atoms with E-state index in [1.54, 1.807) is 11.3 Å². The topological polar surface area (TPSA) is 85.1 Å². The monoisotopic (exact) mass is 411 g/mol. The summed E-state index contributed by atoms with van der Waals surface area (Å²) in [6.07, 6.45) is 9.41. The van der Waals surface area contributed by atoms with Crippen LogP contribution in [0.3, 0.4) is 0 Å². The van der Waals surface area contributed by atoms with Gasteiger partial charge in [-0.2, -0.15) is 4.98 Å². The third-order valence-electron chi connectivity index (χ3n) is 6.26. The smallest absolute Gasteiger partial charge is 0.261 e. The van der Waals surface area contributed by atoms with Gasteiger partial charge >= 0.3 is 0 Å². The van der Waals surface area contributed by atoms with Crippen molar-refractivity contribution in [3.05, 3.63) is 27.4 Å². The van der Waals surface area contributed by atoms with Crippen LogP contribution in [0, 0.1) is 5.92 Å². The fourth-order valence-corrected chi connectivity index (χ4v) is 5.80. The Kier molecular flexibility index (Phi) is 4.86. The van der Waals surface area contributed by atoms with E-state index in [0.717, 1.165) is 67.6 Å². The number of hydrogen-bond donors (Lipinski definition) is 1. The Bertz CT molecular complexity index is 999. The molecule has 0 radical (unpaired) electrons. The van der Waals surface area contributed by atoms with Crippen LogP contribution in [0.2, 0.25) is 0 Å². The average molecular weight is 412 g/mol. The maximum Gasteiger partial charge on any atom is 0.261 e. The molecule has 7 heteroatoms. The van der Waals surface area contributed by atoms with Crippen LogP contribution in [0.15, 0.2) is 15.7 Å². The molecule has 1 saturated carbocycles. The number of carbonyl (C=O) groups excluding carboxylic acids is 2. The Morgan fingerprint density at radius 1 is 1.21 bits per heavy atom. The third kappa shape index (κ3) is 3.56. The van der Waals surface area contributed by atoms with Gasteiger partial charge in [0.15, 0.2) is 5.82 Å². The van der Waals surface area contributed by atoms with E-state index >= 15 is 0 Å². The molecule has 3 aliphatic carbocycles. The van der Waals surface area contributed by atoms with Crippen molar-refractivity contribution in [1.29, 1.82) is 0 Å². The number of aldehydes is 1. The first kappa shape index (κ1) is 18.7. The number of amides is 1. The summed E-state index contributed by atoms with van der Waals surface area (Å²) in [5, 5.41) is 8.07. The molecule has 1 N–H and O–H groups in total. The Balaban J connectivity index is 1.52. The van der Waals surface area contributed by atoms with Gasteiger partial charge in [-0.25, -0.2) is 0 Å². The second-order valence-corrected chi connectivity index (χ2v) is 9.68. The fraction of sp³-hybridized carbons (Fsp3) is 0.545. The number of rotatable bonds is 5. The van der Waals surface area contributed by atoms with Crippen molar-refractivity contribution >= 4 is 28.5 Å². The zero-order chi connectivity index (χ0) is 20.0. The van der Waals surface area contributed by atoms with Crippen molar-refractivity contribution in [2.75, 3.05) is 5.32 Å². The summed E-state index contributed by atoms with van der Waals surface area (Å²) < 4.78 is 5.64. The molecule has 5 rings (SSSR count). The maximum atomic E-state index is 13.0. The summed E-state index contributed by atoms with van der Waals surface area (Å²) in [4.78, 5) is 30.4. The number of fused-ring (bicyclic) bond motifs is 1. The minimum absolute atomic E-state index is 0.165. The maximum absolute atomic E-state index is 13.0. The lowest BCUT2D eigenvalue weighted by Crippen LogP contribution is -2.18. The molecule has 0 aromatic carbocycles. The molecule has 0 saturated heterocycles. The Hall–Kier alpha value is -2.28. The molecule has 1 amide bonds. The lowest BCUT2D eigenvalue weighted by atomic mass is 9.88. The molecule has 0 spiro atoms. The van der Waals surface area contributed by atoms with Gasteiger partial charge in [-0.15, -0.1) is 11.3 Å². The predicted octanol–water partition coefficient (Wildman–Crippen LogP) is 4.81. The number of allylic oxidation sites excluding steroid dienone is 1. The molecule has 29 heavy (non-hydrogen) atoms. The van der Waals surface area contributed by atoms with E-state index in [1.165, 1.54) is 10.4 Å². The SMILES string of the molecule is C[C@@H]1CCc2c(sc(NC(=O)C3=C(C=O)CCCC3)c2-c2nc(C3CC3)no2)C1. The van der Waals surface area contributed by atoms with E-state index in [1.807, 2.05) is 0 Å². The first-order chi connectivity index (χ1) is 14.1. The van der Waals surface area contributed by atoms with Gasteiger partial charge < -0.3 is 9.84 Å². The molecule has 0 aliphatic heterocycles. The van der Waals surface area contributed by atoms with E-state index in [4.69, 9.17) is 4.52 Å². The number of nitrogens with one attached hydrogen (secondary N) is 1. The number of carbonyl (C=O) groups is 2. The molecule has 3 aliphatic rings. The lowest BCUT2D eigenvalue weighted by molar-refractivity contribution is -0.113. The lowest BCUT2D eigenvalue weighted by Gasteiger charge is -2.18. The molecule has 2 aromatic rings. The normalized spacial score (nSPS) is 21.8. The first-order valence-corrected chi connectivity index (χ1v) is 11.4. The number of thiophene rings is 1. The summed E-state index contributed by atoms with van der Waals surface area (Å²) in [5.74, 6) is 2.18. The highest BCUT2D eigenvalue weighted by molar-refractivity contribution is 7.17. The van der Waals surface area contributed by atoms with Crippen LogP contribution < -0.4 is 5.32 Å². The van der Waals surface area contributed by atoms with Crippen molar-refractivity contribution in [2.45, 2.75) is 70.6 Å². The van der Waals surface area contributed by atoms with E-state index in [-0.39, 0.29) is 5.91 Å². The fourth-order valence-electron chi connectivity index (χ4n) is 4.41. The second kappa shape index (κ2) is 7.52. The molecule has 1 fully saturated rings.